The van der Waals surface area contributed by atoms with Gasteiger partial charge in [0.2, 0.25) is 0 Å². The van der Waals surface area contributed by atoms with Gasteiger partial charge in [0.05, 0.1) is 11.4 Å². The molecular formula is C14H20BrN3. The Morgan fingerprint density at radius 3 is 3.11 bits per heavy atom. The molecule has 0 radical (unpaired) electrons. The minimum Gasteiger partial charge on any atom is -0.382 e. The Labute approximate surface area is 117 Å². The summed E-state index contributed by atoms with van der Waals surface area (Å²) in [5.41, 5.74) is 2.61. The molecule has 0 spiro atoms. The van der Waals surface area contributed by atoms with E-state index >= 15 is 0 Å². The second kappa shape index (κ2) is 5.49. The SMILES string of the molecule is Brc1ccc2c(c1)N(CCC1CCCN1)CCN2. The average molecular weight is 310 g/mol. The van der Waals surface area contributed by atoms with Crippen molar-refractivity contribution in [1.29, 1.82) is 0 Å². The molecule has 2 aliphatic heterocycles. The van der Waals surface area contributed by atoms with Gasteiger partial charge in [0.1, 0.15) is 0 Å². The fourth-order valence-corrected chi connectivity index (χ4v) is 3.26. The van der Waals surface area contributed by atoms with E-state index in [1.165, 1.54) is 37.2 Å². The molecule has 98 valence electrons. The number of hydrogen-bond acceptors (Lipinski definition) is 3. The second-order valence-corrected chi connectivity index (χ2v) is 6.07. The van der Waals surface area contributed by atoms with Crippen LogP contribution in [0.3, 0.4) is 0 Å². The smallest absolute Gasteiger partial charge is 0.0613 e. The van der Waals surface area contributed by atoms with Crippen molar-refractivity contribution in [3.05, 3.63) is 22.7 Å². The molecular weight excluding hydrogens is 290 g/mol. The van der Waals surface area contributed by atoms with Gasteiger partial charge in [0, 0.05) is 30.1 Å². The maximum atomic E-state index is 3.58. The molecule has 0 saturated carbocycles. The molecule has 1 aromatic carbocycles. The molecule has 1 atom stereocenters. The standard InChI is InChI=1S/C14H20BrN3/c15-11-3-4-13-14(10-11)18(9-7-17-13)8-5-12-2-1-6-16-12/h3-4,10,12,16-17H,1-2,5-9H2. The Morgan fingerprint density at radius 1 is 1.33 bits per heavy atom. The molecule has 3 rings (SSSR count). The van der Waals surface area contributed by atoms with Crippen LogP contribution in [-0.2, 0) is 0 Å². The molecule has 2 heterocycles. The van der Waals surface area contributed by atoms with Crippen LogP contribution in [0.25, 0.3) is 0 Å². The van der Waals surface area contributed by atoms with E-state index in [2.05, 4.69) is 49.7 Å². The van der Waals surface area contributed by atoms with E-state index in [9.17, 15) is 0 Å². The summed E-state index contributed by atoms with van der Waals surface area (Å²) < 4.78 is 1.16. The van der Waals surface area contributed by atoms with Crippen LogP contribution in [0.2, 0.25) is 0 Å². The number of anilines is 2. The third-order valence-electron chi connectivity index (χ3n) is 3.91. The predicted octanol–water partition coefficient (Wildman–Crippen LogP) is 2.82. The molecule has 0 amide bonds. The van der Waals surface area contributed by atoms with Gasteiger partial charge in [-0.05, 0) is 44.0 Å². The summed E-state index contributed by atoms with van der Waals surface area (Å²) in [5.74, 6) is 0. The van der Waals surface area contributed by atoms with Crippen molar-refractivity contribution in [2.45, 2.75) is 25.3 Å². The highest BCUT2D eigenvalue weighted by Crippen LogP contribution is 2.32. The first-order chi connectivity index (χ1) is 8.83. The van der Waals surface area contributed by atoms with E-state index in [0.717, 1.165) is 30.1 Å². The van der Waals surface area contributed by atoms with Crippen molar-refractivity contribution < 1.29 is 0 Å². The highest BCUT2D eigenvalue weighted by molar-refractivity contribution is 9.10. The fourth-order valence-electron chi connectivity index (χ4n) is 2.91. The van der Waals surface area contributed by atoms with Crippen molar-refractivity contribution in [1.82, 2.24) is 5.32 Å². The molecule has 2 aliphatic rings. The second-order valence-electron chi connectivity index (χ2n) is 5.16. The molecule has 4 heteroatoms. The van der Waals surface area contributed by atoms with Crippen LogP contribution in [0.1, 0.15) is 19.3 Å². The monoisotopic (exact) mass is 309 g/mol. The van der Waals surface area contributed by atoms with Crippen LogP contribution in [-0.4, -0.2) is 32.2 Å². The lowest BCUT2D eigenvalue weighted by atomic mass is 10.1. The van der Waals surface area contributed by atoms with Gasteiger partial charge in [-0.1, -0.05) is 15.9 Å². The first-order valence-corrected chi connectivity index (χ1v) is 7.64. The minimum atomic E-state index is 0.732. The van der Waals surface area contributed by atoms with Crippen LogP contribution in [0.5, 0.6) is 0 Å². The van der Waals surface area contributed by atoms with Crippen molar-refractivity contribution >= 4 is 27.3 Å². The summed E-state index contributed by atoms with van der Waals surface area (Å²) in [7, 11) is 0. The number of fused-ring (bicyclic) bond motifs is 1. The molecule has 1 aromatic rings. The molecule has 1 saturated heterocycles. The third kappa shape index (κ3) is 2.64. The van der Waals surface area contributed by atoms with E-state index in [1.807, 2.05) is 0 Å². The normalized spacial score (nSPS) is 22.7. The van der Waals surface area contributed by atoms with E-state index in [0.29, 0.717) is 0 Å². The molecule has 2 N–H and O–H groups in total. The summed E-state index contributed by atoms with van der Waals surface area (Å²) in [6, 6.07) is 7.23. The third-order valence-corrected chi connectivity index (χ3v) is 4.40. The highest BCUT2D eigenvalue weighted by atomic mass is 79.9. The van der Waals surface area contributed by atoms with Crippen LogP contribution in [0.15, 0.2) is 22.7 Å². The Morgan fingerprint density at radius 2 is 2.28 bits per heavy atom. The number of nitrogens with zero attached hydrogens (tertiary/aromatic N) is 1. The number of rotatable bonds is 3. The summed E-state index contributed by atoms with van der Waals surface area (Å²) in [5, 5.41) is 7.05. The van der Waals surface area contributed by atoms with Gasteiger partial charge in [-0.3, -0.25) is 0 Å². The molecule has 3 nitrogen and oxygen atoms in total. The molecule has 18 heavy (non-hydrogen) atoms. The van der Waals surface area contributed by atoms with Crippen molar-refractivity contribution in [2.24, 2.45) is 0 Å². The Bertz CT molecular complexity index is 416. The Balaban J connectivity index is 1.68. The lowest BCUT2D eigenvalue weighted by molar-refractivity contribution is 0.550. The van der Waals surface area contributed by atoms with Crippen LogP contribution in [0.4, 0.5) is 11.4 Å². The maximum Gasteiger partial charge on any atom is 0.0613 e. The highest BCUT2D eigenvalue weighted by Gasteiger charge is 2.19. The number of benzene rings is 1. The van der Waals surface area contributed by atoms with Crippen molar-refractivity contribution in [2.75, 3.05) is 36.4 Å². The maximum absolute atomic E-state index is 3.58. The first-order valence-electron chi connectivity index (χ1n) is 6.85. The molecule has 0 aliphatic carbocycles. The summed E-state index contributed by atoms with van der Waals surface area (Å²) in [6.07, 6.45) is 3.94. The molecule has 0 aromatic heterocycles. The van der Waals surface area contributed by atoms with Crippen LogP contribution in [0, 0.1) is 0 Å². The summed E-state index contributed by atoms with van der Waals surface area (Å²) in [4.78, 5) is 2.51. The zero-order valence-electron chi connectivity index (χ0n) is 10.6. The largest absolute Gasteiger partial charge is 0.382 e. The Kier molecular flexibility index (Phi) is 3.75. The van der Waals surface area contributed by atoms with Crippen molar-refractivity contribution in [3.8, 4) is 0 Å². The average Bonchev–Trinajstić information content (AvgIpc) is 2.89. The topological polar surface area (TPSA) is 27.3 Å². The number of halogens is 1. The zero-order chi connectivity index (χ0) is 12.4. The molecule has 1 unspecified atom stereocenters. The molecule has 0 bridgehead atoms. The van der Waals surface area contributed by atoms with E-state index in [-0.39, 0.29) is 0 Å². The fraction of sp³-hybridized carbons (Fsp3) is 0.571. The predicted molar refractivity (Wildman–Crippen MR) is 80.5 cm³/mol. The summed E-state index contributed by atoms with van der Waals surface area (Å²) in [6.45, 7) is 4.51. The lowest BCUT2D eigenvalue weighted by Crippen LogP contribution is -2.37. The quantitative estimate of drug-likeness (QED) is 0.899. The zero-order valence-corrected chi connectivity index (χ0v) is 12.2. The number of hydrogen-bond donors (Lipinski definition) is 2. The van der Waals surface area contributed by atoms with Gasteiger partial charge in [0.15, 0.2) is 0 Å². The van der Waals surface area contributed by atoms with Crippen molar-refractivity contribution in [3.63, 3.8) is 0 Å². The van der Waals surface area contributed by atoms with Gasteiger partial charge in [-0.15, -0.1) is 0 Å². The van der Waals surface area contributed by atoms with Gasteiger partial charge in [-0.2, -0.15) is 0 Å². The first kappa shape index (κ1) is 12.3. The van der Waals surface area contributed by atoms with E-state index in [1.54, 1.807) is 0 Å². The lowest BCUT2D eigenvalue weighted by Gasteiger charge is -2.33. The Hall–Kier alpha value is -0.740. The van der Waals surface area contributed by atoms with Crippen LogP contribution >= 0.6 is 15.9 Å². The summed E-state index contributed by atoms with van der Waals surface area (Å²) >= 11 is 3.57. The minimum absolute atomic E-state index is 0.732. The van der Waals surface area contributed by atoms with E-state index < -0.39 is 0 Å². The van der Waals surface area contributed by atoms with Gasteiger partial charge < -0.3 is 15.5 Å². The van der Waals surface area contributed by atoms with E-state index in [4.69, 9.17) is 0 Å². The van der Waals surface area contributed by atoms with Gasteiger partial charge in [-0.25, -0.2) is 0 Å². The molecule has 1 fully saturated rings. The van der Waals surface area contributed by atoms with Crippen LogP contribution < -0.4 is 15.5 Å². The van der Waals surface area contributed by atoms with Gasteiger partial charge >= 0.3 is 0 Å². The number of nitrogens with one attached hydrogen (secondary N) is 2. The van der Waals surface area contributed by atoms with Gasteiger partial charge in [0.25, 0.3) is 0 Å².